The van der Waals surface area contributed by atoms with Crippen LogP contribution in [0.3, 0.4) is 0 Å². The molecule has 0 amide bonds. The van der Waals surface area contributed by atoms with Gasteiger partial charge in [0.1, 0.15) is 0 Å². The number of ether oxygens (including phenoxy) is 1. The van der Waals surface area contributed by atoms with Crippen molar-refractivity contribution in [3.8, 4) is 0 Å². The molecule has 0 saturated heterocycles. The molecule has 0 aromatic heterocycles. The molecule has 1 aromatic rings. The van der Waals surface area contributed by atoms with Gasteiger partial charge in [-0.3, -0.25) is 0 Å². The van der Waals surface area contributed by atoms with Crippen LogP contribution in [0.5, 0.6) is 0 Å². The molecule has 1 atom stereocenters. The number of hydrogen-bond donors (Lipinski definition) is 1. The summed E-state index contributed by atoms with van der Waals surface area (Å²) in [6, 6.07) is 8.45. The van der Waals surface area contributed by atoms with Crippen LogP contribution in [0.15, 0.2) is 28.7 Å². The van der Waals surface area contributed by atoms with Crippen molar-refractivity contribution >= 4 is 15.9 Å². The van der Waals surface area contributed by atoms with E-state index in [1.54, 1.807) is 7.11 Å². The Morgan fingerprint density at radius 3 is 2.65 bits per heavy atom. The van der Waals surface area contributed by atoms with Gasteiger partial charge in [0.15, 0.2) is 0 Å². The summed E-state index contributed by atoms with van der Waals surface area (Å²) in [5.74, 6) is 1.09. The van der Waals surface area contributed by atoms with Crippen molar-refractivity contribution in [1.82, 2.24) is 5.32 Å². The van der Waals surface area contributed by atoms with E-state index in [1.807, 2.05) is 0 Å². The average molecular weight is 300 g/mol. The molecule has 0 bridgehead atoms. The summed E-state index contributed by atoms with van der Waals surface area (Å²) < 4.78 is 6.43. The van der Waals surface area contributed by atoms with Crippen molar-refractivity contribution in [2.75, 3.05) is 26.8 Å². The van der Waals surface area contributed by atoms with Crippen LogP contribution in [-0.2, 0) is 4.74 Å². The van der Waals surface area contributed by atoms with E-state index in [9.17, 15) is 0 Å². The predicted molar refractivity (Wildman–Crippen MR) is 76.5 cm³/mol. The Kier molecular flexibility index (Phi) is 6.78. The summed E-state index contributed by atoms with van der Waals surface area (Å²) in [7, 11) is 1.76. The van der Waals surface area contributed by atoms with Crippen LogP contribution < -0.4 is 5.32 Å². The molecular weight excluding hydrogens is 278 g/mol. The number of hydrogen-bond acceptors (Lipinski definition) is 2. The van der Waals surface area contributed by atoms with Crippen molar-refractivity contribution in [3.05, 3.63) is 34.3 Å². The standard InChI is InChI=1S/C14H22BrNO/c1-11(2)8-16-9-13(10-17-3)12-5-4-6-14(15)7-12/h4-7,11,13,16H,8-10H2,1-3H3. The van der Waals surface area contributed by atoms with Crippen LogP contribution >= 0.6 is 15.9 Å². The molecule has 0 aliphatic heterocycles. The van der Waals surface area contributed by atoms with Crippen LogP contribution in [0.25, 0.3) is 0 Å². The van der Waals surface area contributed by atoms with Gasteiger partial charge in [-0.1, -0.05) is 41.9 Å². The van der Waals surface area contributed by atoms with Gasteiger partial charge in [0.25, 0.3) is 0 Å². The highest BCUT2D eigenvalue weighted by molar-refractivity contribution is 9.10. The van der Waals surface area contributed by atoms with Crippen molar-refractivity contribution in [2.45, 2.75) is 19.8 Å². The van der Waals surface area contributed by atoms with E-state index in [0.717, 1.165) is 24.2 Å². The zero-order valence-corrected chi connectivity index (χ0v) is 12.5. The van der Waals surface area contributed by atoms with E-state index >= 15 is 0 Å². The maximum absolute atomic E-state index is 5.30. The molecule has 0 fully saturated rings. The fraction of sp³-hybridized carbons (Fsp3) is 0.571. The van der Waals surface area contributed by atoms with E-state index in [-0.39, 0.29) is 0 Å². The lowest BCUT2D eigenvalue weighted by molar-refractivity contribution is 0.177. The number of nitrogens with one attached hydrogen (secondary N) is 1. The minimum Gasteiger partial charge on any atom is -0.384 e. The van der Waals surface area contributed by atoms with Crippen LogP contribution in [0.2, 0.25) is 0 Å². The molecule has 0 radical (unpaired) electrons. The third kappa shape index (κ3) is 5.66. The second-order valence-corrected chi connectivity index (χ2v) is 5.68. The van der Waals surface area contributed by atoms with E-state index in [4.69, 9.17) is 4.74 Å². The second-order valence-electron chi connectivity index (χ2n) is 4.76. The van der Waals surface area contributed by atoms with Gasteiger partial charge in [-0.05, 0) is 30.2 Å². The van der Waals surface area contributed by atoms with Gasteiger partial charge in [-0.2, -0.15) is 0 Å². The average Bonchev–Trinajstić information content (AvgIpc) is 2.27. The number of benzene rings is 1. The Morgan fingerprint density at radius 1 is 1.29 bits per heavy atom. The SMILES string of the molecule is COCC(CNCC(C)C)c1cccc(Br)c1. The summed E-state index contributed by atoms with van der Waals surface area (Å²) in [5.41, 5.74) is 1.32. The highest BCUT2D eigenvalue weighted by atomic mass is 79.9. The monoisotopic (exact) mass is 299 g/mol. The highest BCUT2D eigenvalue weighted by Crippen LogP contribution is 2.20. The first-order valence-corrected chi connectivity index (χ1v) is 6.88. The Balaban J connectivity index is 2.58. The van der Waals surface area contributed by atoms with E-state index in [0.29, 0.717) is 11.8 Å². The zero-order valence-electron chi connectivity index (χ0n) is 10.9. The first kappa shape index (κ1) is 14.7. The fourth-order valence-electron chi connectivity index (χ4n) is 1.78. The summed E-state index contributed by atoms with van der Waals surface area (Å²) >= 11 is 3.51. The van der Waals surface area contributed by atoms with Crippen LogP contribution in [0, 0.1) is 5.92 Å². The van der Waals surface area contributed by atoms with E-state index < -0.39 is 0 Å². The third-order valence-electron chi connectivity index (χ3n) is 2.63. The Bertz CT molecular complexity index is 328. The lowest BCUT2D eigenvalue weighted by Gasteiger charge is -2.18. The third-order valence-corrected chi connectivity index (χ3v) is 3.12. The smallest absolute Gasteiger partial charge is 0.0543 e. The zero-order chi connectivity index (χ0) is 12.7. The van der Waals surface area contributed by atoms with Crippen LogP contribution in [0.1, 0.15) is 25.3 Å². The molecule has 17 heavy (non-hydrogen) atoms. The van der Waals surface area contributed by atoms with Gasteiger partial charge in [0, 0.05) is 24.0 Å². The molecule has 1 unspecified atom stereocenters. The normalized spacial score (nSPS) is 13.0. The van der Waals surface area contributed by atoms with Gasteiger partial charge < -0.3 is 10.1 Å². The minimum atomic E-state index is 0.413. The summed E-state index contributed by atoms with van der Waals surface area (Å²) in [6.07, 6.45) is 0. The predicted octanol–water partition coefficient (Wildman–Crippen LogP) is 3.42. The van der Waals surface area contributed by atoms with E-state index in [1.165, 1.54) is 5.56 Å². The molecule has 1 rings (SSSR count). The lowest BCUT2D eigenvalue weighted by Crippen LogP contribution is -2.27. The quantitative estimate of drug-likeness (QED) is 0.833. The second kappa shape index (κ2) is 7.85. The number of halogens is 1. The van der Waals surface area contributed by atoms with Gasteiger partial charge in [-0.15, -0.1) is 0 Å². The van der Waals surface area contributed by atoms with Crippen molar-refractivity contribution in [3.63, 3.8) is 0 Å². The molecular formula is C14H22BrNO. The van der Waals surface area contributed by atoms with Crippen LogP contribution in [0.4, 0.5) is 0 Å². The molecule has 3 heteroatoms. The van der Waals surface area contributed by atoms with Crippen molar-refractivity contribution in [1.29, 1.82) is 0 Å². The number of methoxy groups -OCH3 is 1. The summed E-state index contributed by atoms with van der Waals surface area (Å²) in [6.45, 7) is 7.20. The van der Waals surface area contributed by atoms with Gasteiger partial charge in [0.2, 0.25) is 0 Å². The largest absolute Gasteiger partial charge is 0.384 e. The topological polar surface area (TPSA) is 21.3 Å². The molecule has 0 heterocycles. The summed E-state index contributed by atoms with van der Waals surface area (Å²) in [4.78, 5) is 0. The molecule has 0 aliphatic rings. The fourth-order valence-corrected chi connectivity index (χ4v) is 2.20. The number of rotatable bonds is 7. The Hall–Kier alpha value is -0.380. The first-order chi connectivity index (χ1) is 8.13. The van der Waals surface area contributed by atoms with Crippen molar-refractivity contribution in [2.24, 2.45) is 5.92 Å². The van der Waals surface area contributed by atoms with Gasteiger partial charge in [0.05, 0.1) is 6.61 Å². The van der Waals surface area contributed by atoms with Crippen LogP contribution in [-0.4, -0.2) is 26.8 Å². The molecule has 0 aliphatic carbocycles. The summed E-state index contributed by atoms with van der Waals surface area (Å²) in [5, 5.41) is 3.49. The molecule has 1 N–H and O–H groups in total. The maximum Gasteiger partial charge on any atom is 0.0543 e. The maximum atomic E-state index is 5.30. The molecule has 1 aromatic carbocycles. The van der Waals surface area contributed by atoms with Gasteiger partial charge >= 0.3 is 0 Å². The Morgan fingerprint density at radius 2 is 2.06 bits per heavy atom. The van der Waals surface area contributed by atoms with Gasteiger partial charge in [-0.25, -0.2) is 0 Å². The molecule has 0 spiro atoms. The molecule has 2 nitrogen and oxygen atoms in total. The van der Waals surface area contributed by atoms with E-state index in [2.05, 4.69) is 59.4 Å². The lowest BCUT2D eigenvalue weighted by atomic mass is 10.00. The first-order valence-electron chi connectivity index (χ1n) is 6.08. The molecule has 96 valence electrons. The highest BCUT2D eigenvalue weighted by Gasteiger charge is 2.11. The Labute approximate surface area is 113 Å². The van der Waals surface area contributed by atoms with Crippen molar-refractivity contribution < 1.29 is 4.74 Å². The molecule has 0 saturated carbocycles. The minimum absolute atomic E-state index is 0.413.